The second-order valence-electron chi connectivity index (χ2n) is 3.87. The Morgan fingerprint density at radius 3 is 2.53 bits per heavy atom. The molecule has 0 fully saturated rings. The van der Waals surface area contributed by atoms with Gasteiger partial charge in [0.25, 0.3) is 0 Å². The fourth-order valence-electron chi connectivity index (χ4n) is 1.49. The van der Waals surface area contributed by atoms with Crippen LogP contribution in [0.2, 0.25) is 0 Å². The molecule has 0 unspecified atom stereocenters. The Hall–Kier alpha value is -1.36. The third-order valence-electron chi connectivity index (χ3n) is 2.44. The molecule has 19 heavy (non-hydrogen) atoms. The van der Waals surface area contributed by atoms with E-state index in [0.29, 0.717) is 11.1 Å². The van der Waals surface area contributed by atoms with E-state index in [-0.39, 0.29) is 17.7 Å². The number of benzene rings is 1. The summed E-state index contributed by atoms with van der Waals surface area (Å²) in [7, 11) is 0. The van der Waals surface area contributed by atoms with Gasteiger partial charge in [-0.3, -0.25) is 0 Å². The van der Waals surface area contributed by atoms with E-state index in [1.54, 1.807) is 25.1 Å². The first kappa shape index (κ1) is 15.7. The van der Waals surface area contributed by atoms with E-state index in [1.165, 1.54) is 0 Å². The van der Waals surface area contributed by atoms with Gasteiger partial charge in [0.1, 0.15) is 0 Å². The Balaban J connectivity index is 2.97. The summed E-state index contributed by atoms with van der Waals surface area (Å²) in [5.74, 6) is -1.03. The summed E-state index contributed by atoms with van der Waals surface area (Å²) in [5, 5.41) is 0. The lowest BCUT2D eigenvalue weighted by molar-refractivity contribution is 0.0463. The number of carbonyl (C=O) groups excluding carboxylic acids is 2. The minimum atomic E-state index is -0.522. The van der Waals surface area contributed by atoms with Crippen molar-refractivity contribution < 1.29 is 19.1 Å². The van der Waals surface area contributed by atoms with Crippen LogP contribution in [-0.4, -0.2) is 25.2 Å². The van der Waals surface area contributed by atoms with Crippen LogP contribution in [0.5, 0.6) is 0 Å². The number of halogens is 1. The maximum atomic E-state index is 12.0. The molecule has 0 saturated carbocycles. The van der Waals surface area contributed by atoms with Crippen molar-refractivity contribution in [1.82, 2.24) is 0 Å². The van der Waals surface area contributed by atoms with Gasteiger partial charge >= 0.3 is 11.9 Å². The molecule has 1 rings (SSSR count). The van der Waals surface area contributed by atoms with Crippen molar-refractivity contribution in [3.05, 3.63) is 33.8 Å². The molecule has 0 aliphatic carbocycles. The Morgan fingerprint density at radius 1 is 1.16 bits per heavy atom. The number of hydrogen-bond donors (Lipinski definition) is 0. The van der Waals surface area contributed by atoms with Gasteiger partial charge in [-0.25, -0.2) is 9.59 Å². The maximum Gasteiger partial charge on any atom is 0.340 e. The van der Waals surface area contributed by atoms with Gasteiger partial charge in [0.05, 0.1) is 24.3 Å². The highest BCUT2D eigenvalue weighted by Gasteiger charge is 2.21. The summed E-state index contributed by atoms with van der Waals surface area (Å²) in [6.45, 7) is 4.33. The van der Waals surface area contributed by atoms with E-state index >= 15 is 0 Å². The first-order valence-electron chi connectivity index (χ1n) is 6.24. The fourth-order valence-corrected chi connectivity index (χ4v) is 2.02. The summed E-state index contributed by atoms with van der Waals surface area (Å²) >= 11 is 3.27. The van der Waals surface area contributed by atoms with Gasteiger partial charge < -0.3 is 9.47 Å². The predicted octanol–water partition coefficient (Wildman–Crippen LogP) is 3.58. The molecule has 0 aliphatic rings. The van der Waals surface area contributed by atoms with Crippen LogP contribution in [-0.2, 0) is 9.47 Å². The smallest absolute Gasteiger partial charge is 0.340 e. The largest absolute Gasteiger partial charge is 0.462 e. The first-order chi connectivity index (χ1) is 9.11. The average molecular weight is 329 g/mol. The lowest BCUT2D eigenvalue weighted by atomic mass is 10.1. The molecule has 5 heteroatoms. The van der Waals surface area contributed by atoms with E-state index in [0.717, 1.165) is 12.8 Å². The van der Waals surface area contributed by atoms with Crippen LogP contribution in [0.15, 0.2) is 22.7 Å². The van der Waals surface area contributed by atoms with E-state index in [4.69, 9.17) is 9.47 Å². The number of esters is 2. The van der Waals surface area contributed by atoms with Crippen LogP contribution < -0.4 is 0 Å². The zero-order valence-corrected chi connectivity index (χ0v) is 12.7. The molecule has 0 atom stereocenters. The lowest BCUT2D eigenvalue weighted by Gasteiger charge is -2.10. The van der Waals surface area contributed by atoms with Crippen molar-refractivity contribution in [3.8, 4) is 0 Å². The second kappa shape index (κ2) is 7.94. The molecule has 0 heterocycles. The molecule has 1 aromatic carbocycles. The Bertz CT molecular complexity index is 457. The molecular weight excluding hydrogens is 312 g/mol. The molecule has 0 spiro atoms. The summed E-state index contributed by atoms with van der Waals surface area (Å²) < 4.78 is 10.6. The normalized spacial score (nSPS) is 10.1. The molecule has 0 aromatic heterocycles. The van der Waals surface area contributed by atoms with Gasteiger partial charge in [-0.2, -0.15) is 0 Å². The highest BCUT2D eigenvalue weighted by Crippen LogP contribution is 2.22. The van der Waals surface area contributed by atoms with E-state index in [9.17, 15) is 9.59 Å². The van der Waals surface area contributed by atoms with Crippen molar-refractivity contribution >= 4 is 27.9 Å². The summed E-state index contributed by atoms with van der Waals surface area (Å²) in [4.78, 5) is 23.8. The third-order valence-corrected chi connectivity index (χ3v) is 3.10. The summed E-state index contributed by atoms with van der Waals surface area (Å²) in [6.07, 6.45) is 1.74. The van der Waals surface area contributed by atoms with Gasteiger partial charge in [-0.15, -0.1) is 0 Å². The molecule has 4 nitrogen and oxygen atoms in total. The van der Waals surface area contributed by atoms with Crippen LogP contribution in [0.25, 0.3) is 0 Å². The van der Waals surface area contributed by atoms with E-state index in [2.05, 4.69) is 15.9 Å². The molecule has 104 valence electrons. The quantitative estimate of drug-likeness (QED) is 0.591. The topological polar surface area (TPSA) is 52.6 Å². The molecule has 1 aromatic rings. The van der Waals surface area contributed by atoms with Gasteiger partial charge in [-0.1, -0.05) is 19.4 Å². The highest BCUT2D eigenvalue weighted by molar-refractivity contribution is 9.10. The molecule has 0 saturated heterocycles. The van der Waals surface area contributed by atoms with Crippen LogP contribution in [0.1, 0.15) is 47.4 Å². The first-order valence-corrected chi connectivity index (χ1v) is 7.03. The van der Waals surface area contributed by atoms with Gasteiger partial charge in [0, 0.05) is 4.47 Å². The average Bonchev–Trinajstić information content (AvgIpc) is 2.38. The fraction of sp³-hybridized carbons (Fsp3) is 0.429. The summed E-state index contributed by atoms with van der Waals surface area (Å²) in [5.41, 5.74) is 0.440. The van der Waals surface area contributed by atoms with Gasteiger partial charge in [-0.05, 0) is 41.4 Å². The molecular formula is C14H17BrO4. The molecule has 0 bridgehead atoms. The molecule has 0 N–H and O–H groups in total. The van der Waals surface area contributed by atoms with E-state index < -0.39 is 11.9 Å². The van der Waals surface area contributed by atoms with Crippen molar-refractivity contribution in [3.63, 3.8) is 0 Å². The standard InChI is InChI=1S/C14H17BrO4/c1-3-5-9-19-14(17)12-10(13(16)18-4-2)7-6-8-11(12)15/h6-8H,3-5,9H2,1-2H3. The number of ether oxygens (including phenoxy) is 2. The lowest BCUT2D eigenvalue weighted by Crippen LogP contribution is -2.15. The van der Waals surface area contributed by atoms with Crippen molar-refractivity contribution in [2.75, 3.05) is 13.2 Å². The number of unbranched alkanes of at least 4 members (excludes halogenated alkanes) is 1. The summed E-state index contributed by atoms with van der Waals surface area (Å²) in [6, 6.07) is 4.93. The highest BCUT2D eigenvalue weighted by atomic mass is 79.9. The maximum absolute atomic E-state index is 12.0. The molecule has 0 aliphatic heterocycles. The van der Waals surface area contributed by atoms with Crippen molar-refractivity contribution in [1.29, 1.82) is 0 Å². The van der Waals surface area contributed by atoms with Crippen LogP contribution in [0.4, 0.5) is 0 Å². The Labute approximate surface area is 121 Å². The van der Waals surface area contributed by atoms with Gasteiger partial charge in [0.15, 0.2) is 0 Å². The Morgan fingerprint density at radius 2 is 1.89 bits per heavy atom. The number of rotatable bonds is 6. The number of hydrogen-bond acceptors (Lipinski definition) is 4. The van der Waals surface area contributed by atoms with E-state index in [1.807, 2.05) is 6.92 Å². The zero-order chi connectivity index (χ0) is 14.3. The minimum Gasteiger partial charge on any atom is -0.462 e. The minimum absolute atomic E-state index is 0.219. The van der Waals surface area contributed by atoms with Crippen LogP contribution in [0.3, 0.4) is 0 Å². The SMILES string of the molecule is CCCCOC(=O)c1c(Br)cccc1C(=O)OCC. The molecule has 0 radical (unpaired) electrons. The second-order valence-corrected chi connectivity index (χ2v) is 4.73. The van der Waals surface area contributed by atoms with Crippen LogP contribution in [0, 0.1) is 0 Å². The predicted molar refractivity (Wildman–Crippen MR) is 75.3 cm³/mol. The monoisotopic (exact) mass is 328 g/mol. The van der Waals surface area contributed by atoms with Crippen molar-refractivity contribution in [2.45, 2.75) is 26.7 Å². The molecule has 0 amide bonds. The third kappa shape index (κ3) is 4.35. The Kier molecular flexibility index (Phi) is 6.56. The van der Waals surface area contributed by atoms with Gasteiger partial charge in [0.2, 0.25) is 0 Å². The van der Waals surface area contributed by atoms with Crippen LogP contribution >= 0.6 is 15.9 Å². The number of carbonyl (C=O) groups is 2. The van der Waals surface area contributed by atoms with Crippen molar-refractivity contribution in [2.24, 2.45) is 0 Å². The zero-order valence-electron chi connectivity index (χ0n) is 11.1.